The Morgan fingerprint density at radius 1 is 0.900 bits per heavy atom. The molecule has 6 nitrogen and oxygen atoms in total. The first-order valence-electron chi connectivity index (χ1n) is 9.72. The smallest absolute Gasteiger partial charge is 0.251 e. The van der Waals surface area contributed by atoms with Crippen LogP contribution in [0.4, 0.5) is 0 Å². The van der Waals surface area contributed by atoms with Crippen LogP contribution in [-0.2, 0) is 19.7 Å². The zero-order valence-electron chi connectivity index (χ0n) is 16.4. The molecule has 1 N–H and O–H groups in total. The minimum Gasteiger partial charge on any atom is -0.473 e. The van der Waals surface area contributed by atoms with Crippen LogP contribution in [0, 0.1) is 0 Å². The molecule has 150 valence electrons. The molecule has 30 heavy (non-hydrogen) atoms. The fourth-order valence-electron chi connectivity index (χ4n) is 3.06. The van der Waals surface area contributed by atoms with Crippen molar-refractivity contribution < 1.29 is 9.53 Å². The van der Waals surface area contributed by atoms with E-state index in [1.54, 1.807) is 24.5 Å². The molecule has 0 aliphatic rings. The van der Waals surface area contributed by atoms with Crippen LogP contribution >= 0.6 is 0 Å². The van der Waals surface area contributed by atoms with Crippen molar-refractivity contribution in [1.29, 1.82) is 0 Å². The number of amides is 1. The Balaban J connectivity index is 1.34. The standard InChI is InChI=1S/C24H22N4O2/c29-24(22-10-12-25-23(15-22)30-18-19-6-2-1-3-7-19)26-16-20-8-4-9-21(14-20)17-28-13-5-11-27-28/h1-15H,16-18H2,(H,26,29). The van der Waals surface area contributed by atoms with Crippen LogP contribution in [0.25, 0.3) is 0 Å². The average molecular weight is 398 g/mol. The van der Waals surface area contributed by atoms with E-state index in [9.17, 15) is 4.79 Å². The first-order valence-corrected chi connectivity index (χ1v) is 9.72. The van der Waals surface area contributed by atoms with Crippen molar-refractivity contribution in [3.8, 4) is 5.88 Å². The highest BCUT2D eigenvalue weighted by atomic mass is 16.5. The van der Waals surface area contributed by atoms with E-state index >= 15 is 0 Å². The summed E-state index contributed by atoms with van der Waals surface area (Å²) >= 11 is 0. The van der Waals surface area contributed by atoms with Crippen LogP contribution in [-0.4, -0.2) is 20.7 Å². The van der Waals surface area contributed by atoms with E-state index in [-0.39, 0.29) is 5.91 Å². The normalized spacial score (nSPS) is 10.5. The van der Waals surface area contributed by atoms with Crippen molar-refractivity contribution >= 4 is 5.91 Å². The second kappa shape index (κ2) is 9.52. The van der Waals surface area contributed by atoms with Gasteiger partial charge < -0.3 is 10.1 Å². The van der Waals surface area contributed by atoms with E-state index in [0.717, 1.165) is 16.7 Å². The number of nitrogens with one attached hydrogen (secondary N) is 1. The summed E-state index contributed by atoms with van der Waals surface area (Å²) < 4.78 is 7.58. The quantitative estimate of drug-likeness (QED) is 0.490. The van der Waals surface area contributed by atoms with Gasteiger partial charge in [0.25, 0.3) is 5.91 Å². The third-order valence-corrected chi connectivity index (χ3v) is 4.57. The van der Waals surface area contributed by atoms with Crippen LogP contribution in [0.2, 0.25) is 0 Å². The SMILES string of the molecule is O=C(NCc1cccc(Cn2cccn2)c1)c1ccnc(OCc2ccccc2)c1. The number of aromatic nitrogens is 3. The molecule has 0 unspecified atom stereocenters. The van der Waals surface area contributed by atoms with Gasteiger partial charge in [-0.3, -0.25) is 9.48 Å². The van der Waals surface area contributed by atoms with E-state index in [4.69, 9.17) is 4.74 Å². The molecule has 6 heteroatoms. The molecular weight excluding hydrogens is 376 g/mol. The van der Waals surface area contributed by atoms with Gasteiger partial charge in [-0.05, 0) is 28.8 Å². The Morgan fingerprint density at radius 3 is 2.57 bits per heavy atom. The number of pyridine rings is 1. The van der Waals surface area contributed by atoms with Crippen molar-refractivity contribution in [2.45, 2.75) is 19.7 Å². The number of carbonyl (C=O) groups excluding carboxylic acids is 1. The molecule has 0 saturated carbocycles. The maximum atomic E-state index is 12.6. The van der Waals surface area contributed by atoms with Crippen LogP contribution in [0.5, 0.6) is 5.88 Å². The number of carbonyl (C=O) groups is 1. The predicted octanol–water partition coefficient (Wildman–Crippen LogP) is 3.84. The summed E-state index contributed by atoms with van der Waals surface area (Å²) in [6.07, 6.45) is 5.27. The lowest BCUT2D eigenvalue weighted by molar-refractivity contribution is 0.0950. The minimum atomic E-state index is -0.167. The summed E-state index contributed by atoms with van der Waals surface area (Å²) in [5.74, 6) is 0.257. The third-order valence-electron chi connectivity index (χ3n) is 4.57. The molecule has 1 amide bonds. The topological polar surface area (TPSA) is 69.0 Å². The minimum absolute atomic E-state index is 0.167. The Hall–Kier alpha value is -3.93. The highest BCUT2D eigenvalue weighted by molar-refractivity contribution is 5.94. The van der Waals surface area contributed by atoms with Crippen molar-refractivity contribution in [3.05, 3.63) is 114 Å². The van der Waals surface area contributed by atoms with E-state index in [0.29, 0.717) is 31.1 Å². The maximum Gasteiger partial charge on any atom is 0.251 e. The molecule has 0 bridgehead atoms. The predicted molar refractivity (Wildman–Crippen MR) is 114 cm³/mol. The molecule has 0 atom stereocenters. The molecule has 2 heterocycles. The van der Waals surface area contributed by atoms with Crippen LogP contribution in [0.15, 0.2) is 91.4 Å². The monoisotopic (exact) mass is 398 g/mol. The molecule has 0 radical (unpaired) electrons. The highest BCUT2D eigenvalue weighted by Crippen LogP contribution is 2.13. The summed E-state index contributed by atoms with van der Waals surface area (Å²) in [7, 11) is 0. The van der Waals surface area contributed by atoms with Crippen molar-refractivity contribution in [2.24, 2.45) is 0 Å². The summed E-state index contributed by atoms with van der Waals surface area (Å²) in [5.41, 5.74) is 3.72. The van der Waals surface area contributed by atoms with E-state index < -0.39 is 0 Å². The van der Waals surface area contributed by atoms with E-state index in [1.807, 2.05) is 65.5 Å². The van der Waals surface area contributed by atoms with Gasteiger partial charge >= 0.3 is 0 Å². The van der Waals surface area contributed by atoms with Crippen molar-refractivity contribution in [3.63, 3.8) is 0 Å². The molecular formula is C24H22N4O2. The lowest BCUT2D eigenvalue weighted by Crippen LogP contribution is -2.23. The summed E-state index contributed by atoms with van der Waals surface area (Å²) in [4.78, 5) is 16.8. The molecule has 0 fully saturated rings. The second-order valence-corrected chi connectivity index (χ2v) is 6.86. The zero-order valence-corrected chi connectivity index (χ0v) is 16.4. The Labute approximate surface area is 175 Å². The van der Waals surface area contributed by atoms with Gasteiger partial charge in [-0.1, -0.05) is 54.6 Å². The summed E-state index contributed by atoms with van der Waals surface area (Å²) in [5, 5.41) is 7.18. The summed E-state index contributed by atoms with van der Waals surface area (Å²) in [6.45, 7) is 1.54. The number of benzene rings is 2. The Kier molecular flexibility index (Phi) is 6.15. The Morgan fingerprint density at radius 2 is 1.73 bits per heavy atom. The van der Waals surface area contributed by atoms with Gasteiger partial charge in [0, 0.05) is 36.8 Å². The Bertz CT molecular complexity index is 1100. The number of ether oxygens (including phenoxy) is 1. The van der Waals surface area contributed by atoms with Crippen molar-refractivity contribution in [2.75, 3.05) is 0 Å². The fourth-order valence-corrected chi connectivity index (χ4v) is 3.06. The van der Waals surface area contributed by atoms with Crippen molar-refractivity contribution in [1.82, 2.24) is 20.1 Å². The van der Waals surface area contributed by atoms with Gasteiger partial charge in [0.1, 0.15) is 6.61 Å². The molecule has 4 aromatic rings. The molecule has 0 aliphatic heterocycles. The lowest BCUT2D eigenvalue weighted by atomic mass is 10.1. The lowest BCUT2D eigenvalue weighted by Gasteiger charge is -2.09. The van der Waals surface area contributed by atoms with Crippen LogP contribution in [0.3, 0.4) is 0 Å². The first kappa shape index (κ1) is 19.4. The molecule has 2 aromatic heterocycles. The zero-order chi connectivity index (χ0) is 20.6. The molecule has 4 rings (SSSR count). The van der Waals surface area contributed by atoms with Gasteiger partial charge in [-0.2, -0.15) is 5.10 Å². The first-order chi connectivity index (χ1) is 14.8. The molecule has 0 spiro atoms. The van der Waals surface area contributed by atoms with E-state index in [1.165, 1.54) is 0 Å². The number of hydrogen-bond donors (Lipinski definition) is 1. The third kappa shape index (κ3) is 5.32. The van der Waals surface area contributed by atoms with Gasteiger partial charge in [-0.15, -0.1) is 0 Å². The maximum absolute atomic E-state index is 12.6. The average Bonchev–Trinajstić information content (AvgIpc) is 3.30. The number of hydrogen-bond acceptors (Lipinski definition) is 4. The second-order valence-electron chi connectivity index (χ2n) is 6.86. The van der Waals surface area contributed by atoms with Gasteiger partial charge in [0.15, 0.2) is 0 Å². The molecule has 2 aromatic carbocycles. The molecule has 0 saturated heterocycles. The van der Waals surface area contributed by atoms with E-state index in [2.05, 4.69) is 21.5 Å². The van der Waals surface area contributed by atoms with Crippen LogP contribution < -0.4 is 10.1 Å². The largest absolute Gasteiger partial charge is 0.473 e. The van der Waals surface area contributed by atoms with Crippen LogP contribution in [0.1, 0.15) is 27.0 Å². The van der Waals surface area contributed by atoms with Gasteiger partial charge in [-0.25, -0.2) is 4.98 Å². The van der Waals surface area contributed by atoms with Gasteiger partial charge in [0.2, 0.25) is 5.88 Å². The number of rotatable bonds is 8. The molecule has 0 aliphatic carbocycles. The summed E-state index contributed by atoms with van der Waals surface area (Å²) in [6, 6.07) is 23.2. The van der Waals surface area contributed by atoms with Gasteiger partial charge in [0.05, 0.1) is 6.54 Å². The number of nitrogens with zero attached hydrogens (tertiary/aromatic N) is 3. The highest BCUT2D eigenvalue weighted by Gasteiger charge is 2.08. The fraction of sp³-hybridized carbons (Fsp3) is 0.125.